The average molecular weight is 594 g/mol. The number of nitrogens with zero attached hydrogens (tertiary/aromatic N) is 1. The highest BCUT2D eigenvalue weighted by Gasteiger charge is 2.30. The van der Waals surface area contributed by atoms with Gasteiger partial charge in [-0.1, -0.05) is 68.4 Å². The van der Waals surface area contributed by atoms with E-state index in [2.05, 4.69) is 23.9 Å². The summed E-state index contributed by atoms with van der Waals surface area (Å²) in [5.74, 6) is -0.401. The number of halogens is 1. The maximum Gasteiger partial charge on any atom is 0.243 e. The van der Waals surface area contributed by atoms with Crippen LogP contribution in [-0.2, 0) is 39.0 Å². The number of rotatable bonds is 15. The van der Waals surface area contributed by atoms with Crippen molar-refractivity contribution in [1.29, 1.82) is 0 Å². The van der Waals surface area contributed by atoms with Crippen LogP contribution in [0.4, 0.5) is 4.39 Å². The van der Waals surface area contributed by atoms with E-state index in [1.54, 1.807) is 41.3 Å². The van der Waals surface area contributed by atoms with Crippen LogP contribution in [0, 0.1) is 11.7 Å². The second kappa shape index (κ2) is 14.6. The van der Waals surface area contributed by atoms with Crippen LogP contribution in [-0.4, -0.2) is 43.8 Å². The van der Waals surface area contributed by atoms with Gasteiger partial charge in [0.1, 0.15) is 11.9 Å². The highest BCUT2D eigenvalue weighted by molar-refractivity contribution is 7.89. The molecule has 3 aromatic rings. The van der Waals surface area contributed by atoms with Gasteiger partial charge in [-0.3, -0.25) is 9.59 Å². The van der Waals surface area contributed by atoms with Gasteiger partial charge in [0.2, 0.25) is 21.8 Å². The lowest BCUT2D eigenvalue weighted by atomic mass is 10.0. The first-order chi connectivity index (χ1) is 20.1. The van der Waals surface area contributed by atoms with E-state index in [0.717, 1.165) is 36.0 Å². The van der Waals surface area contributed by atoms with Gasteiger partial charge in [-0.25, -0.2) is 17.5 Å². The molecule has 1 aliphatic carbocycles. The fraction of sp³-hybridized carbons (Fsp3) is 0.394. The second-order valence-electron chi connectivity index (χ2n) is 11.4. The van der Waals surface area contributed by atoms with E-state index in [-0.39, 0.29) is 41.5 Å². The summed E-state index contributed by atoms with van der Waals surface area (Å²) < 4.78 is 41.3. The normalized spacial score (nSPS) is 14.0. The molecule has 3 aromatic carbocycles. The van der Waals surface area contributed by atoms with E-state index >= 15 is 0 Å². The summed E-state index contributed by atoms with van der Waals surface area (Å²) in [4.78, 5) is 29.2. The van der Waals surface area contributed by atoms with Crippen LogP contribution in [0.15, 0.2) is 83.8 Å². The van der Waals surface area contributed by atoms with Gasteiger partial charge in [-0.05, 0) is 72.6 Å². The van der Waals surface area contributed by atoms with Crippen LogP contribution in [0.25, 0.3) is 0 Å². The topological polar surface area (TPSA) is 95.6 Å². The highest BCUT2D eigenvalue weighted by Crippen LogP contribution is 2.23. The van der Waals surface area contributed by atoms with Crippen molar-refractivity contribution in [3.05, 3.63) is 101 Å². The van der Waals surface area contributed by atoms with Crippen LogP contribution in [0.2, 0.25) is 0 Å². The molecular weight excluding hydrogens is 553 g/mol. The third kappa shape index (κ3) is 9.49. The summed E-state index contributed by atoms with van der Waals surface area (Å²) in [5, 5.41) is 3.02. The standard InChI is InChI=1S/C33H40FN3O4S/c1-24(2)20-21-35-33(39)31(22-26-6-4-3-5-7-26)37(23-27-8-13-28(34)14-9-27)32(38)19-12-25-10-17-30(18-11-25)42(40,41)36-29-15-16-29/h3-11,13-14,17-18,24,29,31,36H,12,15-16,19-23H2,1-2H3,(H,35,39)/t31-/m0/s1. The van der Waals surface area contributed by atoms with Gasteiger partial charge in [0, 0.05) is 32.0 Å². The molecule has 9 heteroatoms. The number of carbonyl (C=O) groups excluding carboxylic acids is 2. The van der Waals surface area contributed by atoms with Crippen molar-refractivity contribution >= 4 is 21.8 Å². The van der Waals surface area contributed by atoms with Crippen molar-refractivity contribution in [2.24, 2.45) is 5.92 Å². The smallest absolute Gasteiger partial charge is 0.243 e. The molecule has 1 saturated carbocycles. The molecular formula is C33H40FN3O4S. The van der Waals surface area contributed by atoms with Gasteiger partial charge in [0.15, 0.2) is 0 Å². The Labute approximate surface area is 248 Å². The van der Waals surface area contributed by atoms with Gasteiger partial charge < -0.3 is 10.2 Å². The summed E-state index contributed by atoms with van der Waals surface area (Å²) >= 11 is 0. The Balaban J connectivity index is 1.53. The lowest BCUT2D eigenvalue weighted by Crippen LogP contribution is -2.50. The first kappa shape index (κ1) is 31.4. The number of sulfonamides is 1. The van der Waals surface area contributed by atoms with Crippen molar-refractivity contribution < 1.29 is 22.4 Å². The third-order valence-electron chi connectivity index (χ3n) is 7.32. The monoisotopic (exact) mass is 593 g/mol. The molecule has 0 aromatic heterocycles. The molecule has 0 saturated heterocycles. The number of benzene rings is 3. The maximum absolute atomic E-state index is 13.8. The maximum atomic E-state index is 13.8. The van der Waals surface area contributed by atoms with Crippen LogP contribution < -0.4 is 10.0 Å². The fourth-order valence-corrected chi connectivity index (χ4v) is 5.97. The lowest BCUT2D eigenvalue weighted by molar-refractivity contribution is -0.141. The summed E-state index contributed by atoms with van der Waals surface area (Å²) in [5.41, 5.74) is 2.46. The van der Waals surface area contributed by atoms with Gasteiger partial charge in [0.25, 0.3) is 0 Å². The molecule has 224 valence electrons. The van der Waals surface area contributed by atoms with Gasteiger partial charge >= 0.3 is 0 Å². The molecule has 0 heterocycles. The van der Waals surface area contributed by atoms with Crippen molar-refractivity contribution in [2.75, 3.05) is 6.54 Å². The summed E-state index contributed by atoms with van der Waals surface area (Å²) in [6.45, 7) is 4.83. The quantitative estimate of drug-likeness (QED) is 0.259. The molecule has 0 bridgehead atoms. The SMILES string of the molecule is CC(C)CCNC(=O)[C@H](Cc1ccccc1)N(Cc1ccc(F)cc1)C(=O)CCc1ccc(S(=O)(=O)NC2CC2)cc1. The van der Waals surface area contributed by atoms with E-state index in [4.69, 9.17) is 0 Å². The number of aryl methyl sites for hydroxylation is 1. The molecule has 0 unspecified atom stereocenters. The molecule has 7 nitrogen and oxygen atoms in total. The zero-order chi connectivity index (χ0) is 30.1. The second-order valence-corrected chi connectivity index (χ2v) is 13.1. The fourth-order valence-electron chi connectivity index (χ4n) is 4.66. The average Bonchev–Trinajstić information content (AvgIpc) is 3.78. The molecule has 2 N–H and O–H groups in total. The molecule has 1 atom stereocenters. The third-order valence-corrected chi connectivity index (χ3v) is 8.85. The molecule has 42 heavy (non-hydrogen) atoms. The Bertz CT molecular complexity index is 1420. The summed E-state index contributed by atoms with van der Waals surface area (Å²) in [7, 11) is -3.56. The molecule has 0 spiro atoms. The largest absolute Gasteiger partial charge is 0.354 e. The van der Waals surface area contributed by atoms with Crippen molar-refractivity contribution in [3.8, 4) is 0 Å². The van der Waals surface area contributed by atoms with Crippen LogP contribution in [0.3, 0.4) is 0 Å². The van der Waals surface area contributed by atoms with E-state index in [1.165, 1.54) is 12.1 Å². The molecule has 0 aliphatic heterocycles. The minimum Gasteiger partial charge on any atom is -0.354 e. The molecule has 2 amide bonds. The summed E-state index contributed by atoms with van der Waals surface area (Å²) in [6, 6.07) is 21.3. The van der Waals surface area contributed by atoms with Gasteiger partial charge in [-0.15, -0.1) is 0 Å². The Kier molecular flexibility index (Phi) is 10.9. The Morgan fingerprint density at radius 2 is 1.55 bits per heavy atom. The van der Waals surface area contributed by atoms with Crippen LogP contribution in [0.5, 0.6) is 0 Å². The van der Waals surface area contributed by atoms with Crippen molar-refractivity contribution in [3.63, 3.8) is 0 Å². The number of nitrogens with one attached hydrogen (secondary N) is 2. The zero-order valence-electron chi connectivity index (χ0n) is 24.3. The van der Waals surface area contributed by atoms with Crippen molar-refractivity contribution in [2.45, 2.75) is 75.9 Å². The molecule has 1 aliphatic rings. The minimum atomic E-state index is -3.56. The molecule has 0 radical (unpaired) electrons. The molecule has 1 fully saturated rings. The number of carbonyl (C=O) groups is 2. The van der Waals surface area contributed by atoms with Crippen molar-refractivity contribution in [1.82, 2.24) is 14.9 Å². The first-order valence-electron chi connectivity index (χ1n) is 14.6. The van der Waals surface area contributed by atoms with Crippen LogP contribution >= 0.6 is 0 Å². The van der Waals surface area contributed by atoms with E-state index in [1.807, 2.05) is 30.3 Å². The zero-order valence-corrected chi connectivity index (χ0v) is 25.1. The Morgan fingerprint density at radius 1 is 0.905 bits per heavy atom. The number of hydrogen-bond donors (Lipinski definition) is 2. The van der Waals surface area contributed by atoms with E-state index in [0.29, 0.717) is 25.3 Å². The molecule has 4 rings (SSSR count). The van der Waals surface area contributed by atoms with E-state index in [9.17, 15) is 22.4 Å². The minimum absolute atomic E-state index is 0.0193. The predicted octanol–water partition coefficient (Wildman–Crippen LogP) is 5.00. The summed E-state index contributed by atoms with van der Waals surface area (Å²) in [6.07, 6.45) is 3.36. The number of amides is 2. The van der Waals surface area contributed by atoms with Gasteiger partial charge in [-0.2, -0.15) is 0 Å². The highest BCUT2D eigenvalue weighted by atomic mass is 32.2. The Hall–Kier alpha value is -3.56. The predicted molar refractivity (Wildman–Crippen MR) is 161 cm³/mol. The lowest BCUT2D eigenvalue weighted by Gasteiger charge is -2.32. The van der Waals surface area contributed by atoms with Crippen LogP contribution in [0.1, 0.15) is 56.2 Å². The first-order valence-corrected chi connectivity index (χ1v) is 16.1. The Morgan fingerprint density at radius 3 is 2.17 bits per heavy atom. The van der Waals surface area contributed by atoms with Gasteiger partial charge in [0.05, 0.1) is 4.90 Å². The number of hydrogen-bond acceptors (Lipinski definition) is 4. The van der Waals surface area contributed by atoms with E-state index < -0.39 is 16.1 Å².